The second kappa shape index (κ2) is 5.39. The SMILES string of the molecule is CC(C)CNc1ncc2c(-c3ccc4nccn4c3)c[nH]c2n1. The predicted octanol–water partition coefficient (Wildman–Crippen LogP) is 3.34. The van der Waals surface area contributed by atoms with E-state index in [-0.39, 0.29) is 0 Å². The molecule has 6 nitrogen and oxygen atoms in total. The van der Waals surface area contributed by atoms with E-state index in [1.54, 1.807) is 6.20 Å². The Bertz CT molecular complexity index is 965. The van der Waals surface area contributed by atoms with Crippen LogP contribution in [0, 0.1) is 5.92 Å². The van der Waals surface area contributed by atoms with Crippen molar-refractivity contribution in [2.45, 2.75) is 13.8 Å². The lowest BCUT2D eigenvalue weighted by molar-refractivity contribution is 0.685. The third-order valence-corrected chi connectivity index (χ3v) is 3.80. The molecule has 6 heteroatoms. The lowest BCUT2D eigenvalue weighted by Gasteiger charge is -2.07. The third kappa shape index (κ3) is 2.52. The Morgan fingerprint density at radius 1 is 1.26 bits per heavy atom. The standard InChI is InChI=1S/C17H18N6/c1-11(2)7-20-17-21-9-14-13(8-19-16(14)22-17)12-3-4-15-18-5-6-23(15)10-12/h3-6,8-11H,7H2,1-2H3,(H2,19,20,21,22). The Kier molecular flexibility index (Phi) is 3.22. The predicted molar refractivity (Wildman–Crippen MR) is 91.4 cm³/mol. The molecule has 0 aliphatic carbocycles. The Hall–Kier alpha value is -2.89. The van der Waals surface area contributed by atoms with Crippen LogP contribution >= 0.6 is 0 Å². The summed E-state index contributed by atoms with van der Waals surface area (Å²) in [6.45, 7) is 5.17. The zero-order valence-corrected chi connectivity index (χ0v) is 13.1. The fourth-order valence-electron chi connectivity index (χ4n) is 2.61. The average Bonchev–Trinajstić information content (AvgIpc) is 3.18. The van der Waals surface area contributed by atoms with Gasteiger partial charge in [0, 0.05) is 54.0 Å². The monoisotopic (exact) mass is 306 g/mol. The summed E-state index contributed by atoms with van der Waals surface area (Å²) in [5, 5.41) is 4.26. The van der Waals surface area contributed by atoms with Gasteiger partial charge in [0.1, 0.15) is 11.3 Å². The molecule has 0 fully saturated rings. The Labute approximate surface area is 133 Å². The van der Waals surface area contributed by atoms with E-state index in [4.69, 9.17) is 0 Å². The van der Waals surface area contributed by atoms with Crippen molar-refractivity contribution in [1.82, 2.24) is 24.3 Å². The van der Waals surface area contributed by atoms with Gasteiger partial charge in [0.05, 0.1) is 0 Å². The van der Waals surface area contributed by atoms with Gasteiger partial charge in [0.2, 0.25) is 5.95 Å². The number of nitrogens with zero attached hydrogens (tertiary/aromatic N) is 4. The maximum Gasteiger partial charge on any atom is 0.224 e. The Morgan fingerprint density at radius 3 is 3.04 bits per heavy atom. The molecule has 0 amide bonds. The fraction of sp³-hybridized carbons (Fsp3) is 0.235. The number of nitrogens with one attached hydrogen (secondary N) is 2. The molecule has 0 spiro atoms. The van der Waals surface area contributed by atoms with Crippen LogP contribution in [0.5, 0.6) is 0 Å². The van der Waals surface area contributed by atoms with Crippen LogP contribution in [-0.2, 0) is 0 Å². The molecule has 0 radical (unpaired) electrons. The van der Waals surface area contributed by atoms with Crippen molar-refractivity contribution < 1.29 is 0 Å². The van der Waals surface area contributed by atoms with Crippen molar-refractivity contribution in [2.24, 2.45) is 5.92 Å². The van der Waals surface area contributed by atoms with Gasteiger partial charge >= 0.3 is 0 Å². The zero-order chi connectivity index (χ0) is 15.8. The largest absolute Gasteiger partial charge is 0.354 e. The molecule has 0 aliphatic heterocycles. The Balaban J connectivity index is 1.72. The van der Waals surface area contributed by atoms with E-state index in [0.717, 1.165) is 34.4 Å². The van der Waals surface area contributed by atoms with E-state index in [1.807, 2.05) is 29.1 Å². The molecule has 0 unspecified atom stereocenters. The lowest BCUT2D eigenvalue weighted by atomic mass is 10.1. The van der Waals surface area contributed by atoms with Crippen LogP contribution in [-0.4, -0.2) is 30.9 Å². The molecule has 0 saturated heterocycles. The van der Waals surface area contributed by atoms with Gasteiger partial charge < -0.3 is 14.7 Å². The number of aromatic amines is 1. The number of anilines is 1. The minimum Gasteiger partial charge on any atom is -0.354 e. The van der Waals surface area contributed by atoms with Crippen molar-refractivity contribution in [3.63, 3.8) is 0 Å². The van der Waals surface area contributed by atoms with E-state index in [0.29, 0.717) is 11.9 Å². The van der Waals surface area contributed by atoms with Gasteiger partial charge in [-0.2, -0.15) is 4.98 Å². The molecule has 4 aromatic heterocycles. The maximum atomic E-state index is 4.55. The van der Waals surface area contributed by atoms with Crippen molar-refractivity contribution in [2.75, 3.05) is 11.9 Å². The van der Waals surface area contributed by atoms with Gasteiger partial charge in [0.25, 0.3) is 0 Å². The normalized spacial score (nSPS) is 11.6. The molecule has 0 aliphatic rings. The first-order valence-electron chi connectivity index (χ1n) is 7.72. The number of H-pyrrole nitrogens is 1. The average molecular weight is 306 g/mol. The molecule has 23 heavy (non-hydrogen) atoms. The molecule has 0 bridgehead atoms. The molecule has 0 atom stereocenters. The summed E-state index contributed by atoms with van der Waals surface area (Å²) in [6, 6.07) is 4.07. The summed E-state index contributed by atoms with van der Waals surface area (Å²) in [5.74, 6) is 1.21. The highest BCUT2D eigenvalue weighted by atomic mass is 15.1. The zero-order valence-electron chi connectivity index (χ0n) is 13.1. The van der Waals surface area contributed by atoms with Gasteiger partial charge in [-0.25, -0.2) is 9.97 Å². The fourth-order valence-corrected chi connectivity index (χ4v) is 2.61. The van der Waals surface area contributed by atoms with Crippen LogP contribution in [0.15, 0.2) is 43.1 Å². The molecule has 4 heterocycles. The topological polar surface area (TPSA) is 70.9 Å². The molecule has 4 rings (SSSR count). The number of aromatic nitrogens is 5. The molecular formula is C17H18N6. The second-order valence-corrected chi connectivity index (χ2v) is 6.04. The van der Waals surface area contributed by atoms with Gasteiger partial charge in [0.15, 0.2) is 0 Å². The van der Waals surface area contributed by atoms with Gasteiger partial charge in [-0.3, -0.25) is 0 Å². The minimum atomic E-state index is 0.551. The van der Waals surface area contributed by atoms with Crippen molar-refractivity contribution in [3.05, 3.63) is 43.1 Å². The van der Waals surface area contributed by atoms with Crippen LogP contribution in [0.2, 0.25) is 0 Å². The summed E-state index contributed by atoms with van der Waals surface area (Å²) >= 11 is 0. The van der Waals surface area contributed by atoms with E-state index in [1.165, 1.54) is 0 Å². The van der Waals surface area contributed by atoms with E-state index < -0.39 is 0 Å². The minimum absolute atomic E-state index is 0.551. The summed E-state index contributed by atoms with van der Waals surface area (Å²) < 4.78 is 2.01. The van der Waals surface area contributed by atoms with E-state index >= 15 is 0 Å². The number of imidazole rings is 1. The highest BCUT2D eigenvalue weighted by molar-refractivity contribution is 5.93. The Morgan fingerprint density at radius 2 is 2.17 bits per heavy atom. The van der Waals surface area contributed by atoms with Crippen molar-refractivity contribution in [3.8, 4) is 11.1 Å². The smallest absolute Gasteiger partial charge is 0.224 e. The first kappa shape index (κ1) is 13.8. The highest BCUT2D eigenvalue weighted by Gasteiger charge is 2.10. The second-order valence-electron chi connectivity index (χ2n) is 6.04. The van der Waals surface area contributed by atoms with Gasteiger partial charge in [-0.15, -0.1) is 0 Å². The number of hydrogen-bond acceptors (Lipinski definition) is 4. The summed E-state index contributed by atoms with van der Waals surface area (Å²) in [4.78, 5) is 16.5. The van der Waals surface area contributed by atoms with Crippen LogP contribution < -0.4 is 5.32 Å². The number of rotatable bonds is 4. The van der Waals surface area contributed by atoms with Crippen LogP contribution in [0.3, 0.4) is 0 Å². The van der Waals surface area contributed by atoms with Crippen molar-refractivity contribution >= 4 is 22.6 Å². The van der Waals surface area contributed by atoms with E-state index in [9.17, 15) is 0 Å². The number of hydrogen-bond donors (Lipinski definition) is 2. The van der Waals surface area contributed by atoms with Crippen LogP contribution in [0.1, 0.15) is 13.8 Å². The summed E-state index contributed by atoms with van der Waals surface area (Å²) in [5.41, 5.74) is 3.97. The molecule has 0 aromatic carbocycles. The summed E-state index contributed by atoms with van der Waals surface area (Å²) in [7, 11) is 0. The first-order chi connectivity index (χ1) is 11.2. The highest BCUT2D eigenvalue weighted by Crippen LogP contribution is 2.27. The summed E-state index contributed by atoms with van der Waals surface area (Å²) in [6.07, 6.45) is 9.65. The molecular weight excluding hydrogens is 288 g/mol. The molecule has 4 aromatic rings. The molecule has 2 N–H and O–H groups in total. The number of fused-ring (bicyclic) bond motifs is 2. The first-order valence-corrected chi connectivity index (χ1v) is 7.72. The van der Waals surface area contributed by atoms with Crippen LogP contribution in [0.25, 0.3) is 27.8 Å². The van der Waals surface area contributed by atoms with Crippen molar-refractivity contribution in [1.29, 1.82) is 0 Å². The molecule has 116 valence electrons. The quantitative estimate of drug-likeness (QED) is 0.606. The number of pyridine rings is 1. The van der Waals surface area contributed by atoms with E-state index in [2.05, 4.69) is 51.4 Å². The maximum absolute atomic E-state index is 4.55. The van der Waals surface area contributed by atoms with Crippen LogP contribution in [0.4, 0.5) is 5.95 Å². The van der Waals surface area contributed by atoms with Gasteiger partial charge in [-0.05, 0) is 18.1 Å². The molecule has 0 saturated carbocycles. The lowest BCUT2D eigenvalue weighted by Crippen LogP contribution is -2.10. The van der Waals surface area contributed by atoms with Gasteiger partial charge in [-0.1, -0.05) is 13.8 Å². The third-order valence-electron chi connectivity index (χ3n) is 3.80.